The number of quaternary nitrogens is 1. The highest BCUT2D eigenvalue weighted by Crippen LogP contribution is 2.21. The highest BCUT2D eigenvalue weighted by molar-refractivity contribution is 7.80. The number of nitrogens with zero attached hydrogens (tertiary/aromatic N) is 2. The zero-order valence-corrected chi connectivity index (χ0v) is 17.0. The van der Waals surface area contributed by atoms with Crippen LogP contribution in [0.5, 0.6) is 0 Å². The van der Waals surface area contributed by atoms with Gasteiger partial charge in [-0.15, -0.1) is 0 Å². The van der Waals surface area contributed by atoms with E-state index < -0.39 is 0 Å². The van der Waals surface area contributed by atoms with Gasteiger partial charge in [-0.2, -0.15) is 5.10 Å². The molecule has 1 aromatic carbocycles. The molecule has 0 aliphatic carbocycles. The Hall–Kier alpha value is -1.80. The maximum atomic E-state index is 6.28. The number of aryl methyl sites for hydroxylation is 1. The first kappa shape index (κ1) is 19.9. The average Bonchev–Trinajstić information content (AvgIpc) is 2.67. The molecule has 0 amide bonds. The van der Waals surface area contributed by atoms with Gasteiger partial charge in [0.2, 0.25) is 0 Å². The summed E-state index contributed by atoms with van der Waals surface area (Å²) < 4.78 is 5.37. The Morgan fingerprint density at radius 3 is 3.04 bits per heavy atom. The predicted molar refractivity (Wildman–Crippen MR) is 114 cm³/mol. The second kappa shape index (κ2) is 9.94. The lowest BCUT2D eigenvalue weighted by atomic mass is 10.1. The van der Waals surface area contributed by atoms with E-state index in [2.05, 4.69) is 20.8 Å². The molecule has 2 aromatic rings. The zero-order valence-electron chi connectivity index (χ0n) is 15.4. The molecule has 0 spiro atoms. The smallest absolute Gasteiger partial charge is 0.186 e. The molecule has 1 saturated heterocycles. The fourth-order valence-corrected chi connectivity index (χ4v) is 3.42. The molecule has 1 aliphatic rings. The lowest BCUT2D eigenvalue weighted by molar-refractivity contribution is -0.908. The largest absolute Gasteiger partial charge is 0.370 e. The van der Waals surface area contributed by atoms with E-state index in [1.54, 1.807) is 11.1 Å². The summed E-state index contributed by atoms with van der Waals surface area (Å²) >= 11 is 11.5. The van der Waals surface area contributed by atoms with Gasteiger partial charge in [-0.05, 0) is 30.8 Å². The number of benzene rings is 1. The van der Waals surface area contributed by atoms with E-state index in [1.807, 2.05) is 31.2 Å². The number of hydrogen-bond acceptors (Lipinski definition) is 4. The number of thiocarbonyl (C=S) groups is 1. The van der Waals surface area contributed by atoms with E-state index >= 15 is 0 Å². The van der Waals surface area contributed by atoms with Crippen LogP contribution in [0.4, 0.5) is 0 Å². The van der Waals surface area contributed by atoms with E-state index in [0.29, 0.717) is 10.3 Å². The van der Waals surface area contributed by atoms with E-state index in [1.165, 1.54) is 0 Å². The normalized spacial score (nSPS) is 15.3. The van der Waals surface area contributed by atoms with Gasteiger partial charge in [-0.1, -0.05) is 29.8 Å². The summed E-state index contributed by atoms with van der Waals surface area (Å²) in [4.78, 5) is 6.06. The molecule has 0 unspecified atom stereocenters. The van der Waals surface area contributed by atoms with Crippen molar-refractivity contribution in [2.45, 2.75) is 13.3 Å². The number of halogens is 1. The number of hydrogen-bond donors (Lipinski definition) is 3. The summed E-state index contributed by atoms with van der Waals surface area (Å²) in [7, 11) is 0. The maximum Gasteiger partial charge on any atom is 0.186 e. The Morgan fingerprint density at radius 2 is 2.22 bits per heavy atom. The molecule has 27 heavy (non-hydrogen) atoms. The first-order valence-corrected chi connectivity index (χ1v) is 9.96. The first-order chi connectivity index (χ1) is 13.1. The highest BCUT2D eigenvalue weighted by atomic mass is 35.5. The van der Waals surface area contributed by atoms with Crippen molar-refractivity contribution < 1.29 is 9.64 Å². The van der Waals surface area contributed by atoms with Crippen molar-refractivity contribution in [1.29, 1.82) is 0 Å². The summed E-state index contributed by atoms with van der Waals surface area (Å²) in [6.07, 6.45) is 2.70. The van der Waals surface area contributed by atoms with E-state index in [9.17, 15) is 0 Å². The fraction of sp³-hybridized carbons (Fsp3) is 0.421. The molecule has 0 saturated carbocycles. The lowest BCUT2D eigenvalue weighted by Gasteiger charge is -2.23. The van der Waals surface area contributed by atoms with Crippen LogP contribution >= 0.6 is 23.8 Å². The molecular formula is C19H25ClN5OS+. The van der Waals surface area contributed by atoms with Gasteiger partial charge in [0.15, 0.2) is 5.11 Å². The Bertz CT molecular complexity index is 823. The molecule has 3 N–H and O–H groups in total. The van der Waals surface area contributed by atoms with Crippen molar-refractivity contribution in [2.24, 2.45) is 5.10 Å². The van der Waals surface area contributed by atoms with Crippen molar-refractivity contribution in [1.82, 2.24) is 15.7 Å². The molecule has 1 aliphatic heterocycles. The second-order valence-electron chi connectivity index (χ2n) is 6.61. The highest BCUT2D eigenvalue weighted by Gasteiger charge is 2.12. The summed E-state index contributed by atoms with van der Waals surface area (Å²) in [5, 5.41) is 9.31. The third-order valence-corrected chi connectivity index (χ3v) is 5.13. The quantitative estimate of drug-likeness (QED) is 0.222. The monoisotopic (exact) mass is 406 g/mol. The van der Waals surface area contributed by atoms with Crippen molar-refractivity contribution >= 4 is 46.0 Å². The van der Waals surface area contributed by atoms with Gasteiger partial charge in [0.1, 0.15) is 18.2 Å². The number of pyridine rings is 1. The molecule has 1 fully saturated rings. The Morgan fingerprint density at radius 1 is 1.41 bits per heavy atom. The third kappa shape index (κ3) is 5.84. The van der Waals surface area contributed by atoms with Crippen LogP contribution < -0.4 is 15.6 Å². The van der Waals surface area contributed by atoms with Gasteiger partial charge in [0, 0.05) is 23.9 Å². The Labute approximate surface area is 169 Å². The number of para-hydroxylation sites is 1. The first-order valence-electron chi connectivity index (χ1n) is 9.17. The molecule has 144 valence electrons. The summed E-state index contributed by atoms with van der Waals surface area (Å²) in [5.74, 6) is 0. The molecule has 0 bridgehead atoms. The molecular weight excluding hydrogens is 382 g/mol. The predicted octanol–water partition coefficient (Wildman–Crippen LogP) is 1.30. The van der Waals surface area contributed by atoms with Crippen LogP contribution in [0.2, 0.25) is 5.15 Å². The lowest BCUT2D eigenvalue weighted by Crippen LogP contribution is -3.14. The molecule has 8 heteroatoms. The number of hydrazone groups is 1. The van der Waals surface area contributed by atoms with Gasteiger partial charge in [-0.3, -0.25) is 5.43 Å². The number of aromatic nitrogens is 1. The van der Waals surface area contributed by atoms with Gasteiger partial charge in [-0.25, -0.2) is 4.98 Å². The molecule has 0 atom stereocenters. The van der Waals surface area contributed by atoms with Gasteiger partial charge < -0.3 is 15.0 Å². The van der Waals surface area contributed by atoms with Gasteiger partial charge in [0.05, 0.1) is 31.5 Å². The third-order valence-electron chi connectivity index (χ3n) is 4.59. The molecule has 6 nitrogen and oxygen atoms in total. The fourth-order valence-electron chi connectivity index (χ4n) is 3.08. The van der Waals surface area contributed by atoms with Crippen LogP contribution in [0.25, 0.3) is 10.9 Å². The average molecular weight is 407 g/mol. The van der Waals surface area contributed by atoms with Crippen molar-refractivity contribution in [3.8, 4) is 0 Å². The van der Waals surface area contributed by atoms with Crippen LogP contribution in [0.1, 0.15) is 17.5 Å². The molecule has 0 radical (unpaired) electrons. The van der Waals surface area contributed by atoms with E-state index in [-0.39, 0.29) is 0 Å². The standard InChI is InChI=1S/C19H24ClN5OS/c1-14-4-2-5-15-12-16(18(20)23-17(14)15)13-22-24-19(27)21-6-3-7-25-8-10-26-11-9-25/h2,4-5,12-13H,3,6-11H2,1H3,(H2,21,24,27)/p+1/b22-13-. The molecule has 2 heterocycles. The topological polar surface area (TPSA) is 63.0 Å². The van der Waals surface area contributed by atoms with Gasteiger partial charge in [0.25, 0.3) is 0 Å². The molecule has 3 rings (SSSR count). The van der Waals surface area contributed by atoms with E-state index in [4.69, 9.17) is 28.6 Å². The number of fused-ring (bicyclic) bond motifs is 1. The minimum Gasteiger partial charge on any atom is -0.370 e. The van der Waals surface area contributed by atoms with Crippen molar-refractivity contribution in [2.75, 3.05) is 39.4 Å². The number of ether oxygens (including phenoxy) is 1. The van der Waals surface area contributed by atoms with Crippen molar-refractivity contribution in [3.05, 3.63) is 40.5 Å². The SMILES string of the molecule is Cc1cccc2cc(/C=N\NC(=S)NCCC[NH+]3CCOCC3)c(Cl)nc12. The van der Waals surface area contributed by atoms with Crippen LogP contribution in [0.15, 0.2) is 29.4 Å². The maximum absolute atomic E-state index is 6.28. The van der Waals surface area contributed by atoms with Crippen LogP contribution in [0, 0.1) is 6.92 Å². The minimum atomic E-state index is 0.426. The van der Waals surface area contributed by atoms with Crippen LogP contribution in [0.3, 0.4) is 0 Å². The number of morpholine rings is 1. The zero-order chi connectivity index (χ0) is 19.1. The summed E-state index contributed by atoms with van der Waals surface area (Å²) in [6.45, 7) is 7.88. The molecule has 1 aromatic heterocycles. The summed E-state index contributed by atoms with van der Waals surface area (Å²) in [6, 6.07) is 8.01. The Balaban J connectivity index is 1.45. The van der Waals surface area contributed by atoms with Crippen LogP contribution in [-0.4, -0.2) is 55.7 Å². The van der Waals surface area contributed by atoms with E-state index in [0.717, 1.165) is 67.8 Å². The number of rotatable bonds is 6. The Kier molecular flexibility index (Phi) is 7.34. The minimum absolute atomic E-state index is 0.426. The van der Waals surface area contributed by atoms with Crippen LogP contribution in [-0.2, 0) is 4.74 Å². The second-order valence-corrected chi connectivity index (χ2v) is 7.37. The number of nitrogens with one attached hydrogen (secondary N) is 3. The summed E-state index contributed by atoms with van der Waals surface area (Å²) in [5.41, 5.74) is 5.59. The van der Waals surface area contributed by atoms with Gasteiger partial charge >= 0.3 is 0 Å². The van der Waals surface area contributed by atoms with Crippen molar-refractivity contribution in [3.63, 3.8) is 0 Å².